The minimum absolute atomic E-state index is 0.0663. The van der Waals surface area contributed by atoms with Gasteiger partial charge in [-0.25, -0.2) is 4.98 Å². The van der Waals surface area contributed by atoms with Gasteiger partial charge in [-0.2, -0.15) is 0 Å². The van der Waals surface area contributed by atoms with Gasteiger partial charge in [-0.3, -0.25) is 4.79 Å². The minimum Gasteiger partial charge on any atom is -0.507 e. The Morgan fingerprint density at radius 3 is 2.79 bits per heavy atom. The molecule has 0 aliphatic heterocycles. The van der Waals surface area contributed by atoms with E-state index in [0.717, 1.165) is 11.3 Å². The van der Waals surface area contributed by atoms with Crippen LogP contribution < -0.4 is 14.8 Å². The second-order valence-corrected chi connectivity index (χ2v) is 6.60. The van der Waals surface area contributed by atoms with E-state index in [1.165, 1.54) is 12.3 Å². The molecular formula is C22H24N2O5. The van der Waals surface area contributed by atoms with Crippen LogP contribution in [0.15, 0.2) is 53.1 Å². The van der Waals surface area contributed by atoms with Crippen LogP contribution in [0, 0.1) is 0 Å². The highest BCUT2D eigenvalue weighted by atomic mass is 16.5. The molecule has 0 saturated heterocycles. The summed E-state index contributed by atoms with van der Waals surface area (Å²) in [4.78, 5) is 16.9. The molecule has 29 heavy (non-hydrogen) atoms. The van der Waals surface area contributed by atoms with Gasteiger partial charge in [0.05, 0.1) is 24.9 Å². The number of aromatic nitrogens is 1. The maximum Gasteiger partial charge on any atom is 0.259 e. The number of rotatable bonds is 8. The summed E-state index contributed by atoms with van der Waals surface area (Å²) >= 11 is 0. The molecule has 7 heteroatoms. The van der Waals surface area contributed by atoms with Crippen LogP contribution in [0.1, 0.15) is 36.8 Å². The lowest BCUT2D eigenvalue weighted by atomic mass is 10.1. The standard InChI is InChI=1S/C22H24N2O5/c1-4-27-19-10-6-9-18(25)20(19)21(26)23-12-16-13-28-22(24-16)15-7-5-8-17(11-15)29-14(2)3/h5-11,13-14,25H,4,12H2,1-3H3,(H,23,26). The summed E-state index contributed by atoms with van der Waals surface area (Å²) in [5, 5.41) is 12.8. The molecule has 7 nitrogen and oxygen atoms in total. The molecule has 0 saturated carbocycles. The molecule has 0 bridgehead atoms. The van der Waals surface area contributed by atoms with Crippen LogP contribution in [0.2, 0.25) is 0 Å². The second-order valence-electron chi connectivity index (χ2n) is 6.60. The first-order valence-corrected chi connectivity index (χ1v) is 9.42. The topological polar surface area (TPSA) is 93.8 Å². The second kappa shape index (κ2) is 9.14. The van der Waals surface area contributed by atoms with Gasteiger partial charge >= 0.3 is 0 Å². The van der Waals surface area contributed by atoms with E-state index in [0.29, 0.717) is 23.9 Å². The summed E-state index contributed by atoms with van der Waals surface area (Å²) in [6, 6.07) is 12.2. The lowest BCUT2D eigenvalue weighted by molar-refractivity contribution is 0.0943. The van der Waals surface area contributed by atoms with E-state index in [4.69, 9.17) is 13.9 Å². The van der Waals surface area contributed by atoms with Gasteiger partial charge in [-0.1, -0.05) is 12.1 Å². The maximum atomic E-state index is 12.5. The van der Waals surface area contributed by atoms with Crippen molar-refractivity contribution in [2.24, 2.45) is 0 Å². The Labute approximate surface area is 169 Å². The molecule has 0 fully saturated rings. The van der Waals surface area contributed by atoms with Crippen LogP contribution in [-0.4, -0.2) is 28.7 Å². The van der Waals surface area contributed by atoms with Gasteiger partial charge in [-0.15, -0.1) is 0 Å². The smallest absolute Gasteiger partial charge is 0.259 e. The summed E-state index contributed by atoms with van der Waals surface area (Å²) in [7, 11) is 0. The highest BCUT2D eigenvalue weighted by Crippen LogP contribution is 2.28. The summed E-state index contributed by atoms with van der Waals surface area (Å²) in [5.41, 5.74) is 1.42. The van der Waals surface area contributed by atoms with Crippen molar-refractivity contribution in [2.75, 3.05) is 6.61 Å². The number of ether oxygens (including phenoxy) is 2. The highest BCUT2D eigenvalue weighted by molar-refractivity contribution is 5.99. The number of phenolic OH excluding ortho intramolecular Hbond substituents is 1. The molecule has 0 aliphatic rings. The molecule has 2 aromatic carbocycles. The van der Waals surface area contributed by atoms with E-state index in [2.05, 4.69) is 10.3 Å². The van der Waals surface area contributed by atoms with E-state index in [1.807, 2.05) is 45.0 Å². The number of carbonyl (C=O) groups excluding carboxylic acids is 1. The van der Waals surface area contributed by atoms with E-state index >= 15 is 0 Å². The molecular weight excluding hydrogens is 372 g/mol. The number of nitrogens with one attached hydrogen (secondary N) is 1. The number of aromatic hydroxyl groups is 1. The molecule has 1 heterocycles. The van der Waals surface area contributed by atoms with E-state index in [-0.39, 0.29) is 24.0 Å². The van der Waals surface area contributed by atoms with Crippen molar-refractivity contribution in [3.63, 3.8) is 0 Å². The van der Waals surface area contributed by atoms with Gasteiger partial charge in [0.1, 0.15) is 29.1 Å². The fourth-order valence-electron chi connectivity index (χ4n) is 2.78. The van der Waals surface area contributed by atoms with Gasteiger partial charge in [0.25, 0.3) is 5.91 Å². The molecule has 0 aliphatic carbocycles. The van der Waals surface area contributed by atoms with Gasteiger partial charge in [0.2, 0.25) is 5.89 Å². The van der Waals surface area contributed by atoms with Crippen LogP contribution in [0.25, 0.3) is 11.5 Å². The summed E-state index contributed by atoms with van der Waals surface area (Å²) in [5.74, 6) is 0.891. The number of phenols is 1. The van der Waals surface area contributed by atoms with E-state index in [9.17, 15) is 9.90 Å². The van der Waals surface area contributed by atoms with Crippen molar-refractivity contribution in [3.8, 4) is 28.7 Å². The summed E-state index contributed by atoms with van der Waals surface area (Å²) in [6.07, 6.45) is 1.55. The van der Waals surface area contributed by atoms with E-state index < -0.39 is 5.91 Å². The average molecular weight is 396 g/mol. The fourth-order valence-corrected chi connectivity index (χ4v) is 2.78. The van der Waals surface area contributed by atoms with E-state index in [1.54, 1.807) is 12.1 Å². The zero-order valence-corrected chi connectivity index (χ0v) is 16.6. The first kappa shape index (κ1) is 20.3. The predicted molar refractivity (Wildman–Crippen MR) is 108 cm³/mol. The number of amides is 1. The van der Waals surface area contributed by atoms with Gasteiger partial charge in [-0.05, 0) is 51.1 Å². The zero-order valence-electron chi connectivity index (χ0n) is 16.6. The Morgan fingerprint density at radius 2 is 2.03 bits per heavy atom. The van der Waals surface area contributed by atoms with Crippen molar-refractivity contribution < 1.29 is 23.8 Å². The number of hydrogen-bond acceptors (Lipinski definition) is 6. The Bertz CT molecular complexity index is 981. The quantitative estimate of drug-likeness (QED) is 0.594. The molecule has 0 radical (unpaired) electrons. The molecule has 0 atom stereocenters. The van der Waals surface area contributed by atoms with Crippen molar-refractivity contribution >= 4 is 5.91 Å². The average Bonchev–Trinajstić information content (AvgIpc) is 3.15. The number of hydrogen-bond donors (Lipinski definition) is 2. The molecule has 1 amide bonds. The Kier molecular flexibility index (Phi) is 6.39. The Balaban J connectivity index is 1.69. The van der Waals surface area contributed by atoms with Crippen molar-refractivity contribution in [1.29, 1.82) is 0 Å². The van der Waals surface area contributed by atoms with Crippen molar-refractivity contribution in [3.05, 3.63) is 60.0 Å². The molecule has 1 aromatic heterocycles. The number of oxazole rings is 1. The zero-order chi connectivity index (χ0) is 20.8. The van der Waals surface area contributed by atoms with Crippen LogP contribution in [0.4, 0.5) is 0 Å². The molecule has 2 N–H and O–H groups in total. The van der Waals surface area contributed by atoms with Crippen molar-refractivity contribution in [1.82, 2.24) is 10.3 Å². The lowest BCUT2D eigenvalue weighted by Crippen LogP contribution is -2.23. The molecule has 3 aromatic rings. The minimum atomic E-state index is -0.455. The van der Waals surface area contributed by atoms with Gasteiger partial charge < -0.3 is 24.3 Å². The molecule has 0 spiro atoms. The predicted octanol–water partition coefficient (Wildman–Crippen LogP) is 4.16. The first-order chi connectivity index (χ1) is 14.0. The van der Waals surface area contributed by atoms with Crippen LogP contribution in [-0.2, 0) is 6.54 Å². The fraction of sp³-hybridized carbons (Fsp3) is 0.273. The third-order valence-corrected chi connectivity index (χ3v) is 3.97. The normalized spacial score (nSPS) is 10.8. The lowest BCUT2D eigenvalue weighted by Gasteiger charge is -2.11. The van der Waals surface area contributed by atoms with Crippen molar-refractivity contribution in [2.45, 2.75) is 33.4 Å². The maximum absolute atomic E-state index is 12.5. The molecule has 3 rings (SSSR count). The summed E-state index contributed by atoms with van der Waals surface area (Å²) < 4.78 is 16.7. The highest BCUT2D eigenvalue weighted by Gasteiger charge is 2.18. The first-order valence-electron chi connectivity index (χ1n) is 9.42. The van der Waals surface area contributed by atoms with Crippen LogP contribution in [0.5, 0.6) is 17.2 Å². The monoisotopic (exact) mass is 396 g/mol. The van der Waals surface area contributed by atoms with Gasteiger partial charge in [0, 0.05) is 5.56 Å². The van der Waals surface area contributed by atoms with Gasteiger partial charge in [0.15, 0.2) is 0 Å². The SMILES string of the molecule is CCOc1cccc(O)c1C(=O)NCc1coc(-c2cccc(OC(C)C)c2)n1. The Hall–Kier alpha value is -3.48. The Morgan fingerprint density at radius 1 is 1.24 bits per heavy atom. The number of benzene rings is 2. The molecule has 0 unspecified atom stereocenters. The number of nitrogens with zero attached hydrogens (tertiary/aromatic N) is 1. The third kappa shape index (κ3) is 5.07. The summed E-state index contributed by atoms with van der Waals surface area (Å²) in [6.45, 7) is 6.25. The molecule has 152 valence electrons. The van der Waals surface area contributed by atoms with Crippen LogP contribution >= 0.6 is 0 Å². The number of carbonyl (C=O) groups is 1. The third-order valence-electron chi connectivity index (χ3n) is 3.97. The van der Waals surface area contributed by atoms with Crippen LogP contribution in [0.3, 0.4) is 0 Å². The largest absolute Gasteiger partial charge is 0.507 e.